The predicted molar refractivity (Wildman–Crippen MR) is 89.0 cm³/mol. The Morgan fingerprint density at radius 2 is 1.90 bits per heavy atom. The molecule has 1 aromatic rings. The van der Waals surface area contributed by atoms with Crippen molar-refractivity contribution >= 4 is 57.7 Å². The van der Waals surface area contributed by atoms with Crippen molar-refractivity contribution < 1.29 is 4.79 Å². The number of carbonyl (C=O) groups excluding carboxylic acids is 1. The number of amides is 1. The quantitative estimate of drug-likeness (QED) is 0.635. The summed E-state index contributed by atoms with van der Waals surface area (Å²) in [5.41, 5.74) is 5.70. The minimum atomic E-state index is -0.597. The van der Waals surface area contributed by atoms with Crippen molar-refractivity contribution in [2.45, 2.75) is 44.1 Å². The summed E-state index contributed by atoms with van der Waals surface area (Å²) < 4.78 is 0.879. The Kier molecular flexibility index (Phi) is 5.29. The summed E-state index contributed by atoms with van der Waals surface area (Å²) in [4.78, 5) is 12.8. The van der Waals surface area contributed by atoms with Crippen LogP contribution in [0.4, 0.5) is 0 Å². The van der Waals surface area contributed by atoms with Crippen LogP contribution in [0.25, 0.3) is 0 Å². The number of carbonyl (C=O) groups is 1. The van der Waals surface area contributed by atoms with Crippen molar-refractivity contribution in [2.24, 2.45) is 5.73 Å². The van der Waals surface area contributed by atoms with Crippen molar-refractivity contribution in [2.75, 3.05) is 0 Å². The molecule has 1 aromatic heterocycles. The Morgan fingerprint density at radius 1 is 1.30 bits per heavy atom. The topological polar surface area (TPSA) is 55.1 Å². The summed E-state index contributed by atoms with van der Waals surface area (Å²) in [5.74, 6) is -0.257. The van der Waals surface area contributed by atoms with Crippen LogP contribution in [-0.4, -0.2) is 16.4 Å². The molecule has 0 unspecified atom stereocenters. The van der Waals surface area contributed by atoms with E-state index >= 15 is 0 Å². The first-order valence-electron chi connectivity index (χ1n) is 6.52. The highest BCUT2D eigenvalue weighted by Gasteiger charge is 2.36. The molecule has 1 aliphatic carbocycles. The first-order chi connectivity index (χ1) is 9.44. The second-order valence-electron chi connectivity index (χ2n) is 5.05. The standard InChI is InChI=1S/C13H16Cl2N2OS2/c14-9-7-8(10(15)20-9)11(18)17-13(12(16)19)5-3-1-2-4-6-13/h7H,1-6H2,(H2,16,19)(H,17,18). The van der Waals surface area contributed by atoms with Gasteiger partial charge in [-0.1, -0.05) is 61.1 Å². The lowest BCUT2D eigenvalue weighted by molar-refractivity contribution is 0.0918. The van der Waals surface area contributed by atoms with Crippen molar-refractivity contribution in [3.63, 3.8) is 0 Å². The Balaban J connectivity index is 2.21. The van der Waals surface area contributed by atoms with Crippen LogP contribution in [0.15, 0.2) is 6.07 Å². The Morgan fingerprint density at radius 3 is 2.35 bits per heavy atom. The molecule has 3 nitrogen and oxygen atoms in total. The summed E-state index contributed by atoms with van der Waals surface area (Å²) in [6, 6.07) is 1.58. The molecule has 0 atom stereocenters. The van der Waals surface area contributed by atoms with Gasteiger partial charge in [-0.05, 0) is 18.9 Å². The van der Waals surface area contributed by atoms with Crippen LogP contribution in [0.3, 0.4) is 0 Å². The number of hydrogen-bond donors (Lipinski definition) is 2. The van der Waals surface area contributed by atoms with E-state index in [9.17, 15) is 4.79 Å². The van der Waals surface area contributed by atoms with E-state index in [1.165, 1.54) is 11.3 Å². The van der Waals surface area contributed by atoms with Crippen LogP contribution < -0.4 is 11.1 Å². The fourth-order valence-corrected chi connectivity index (χ4v) is 4.26. The Hall–Kier alpha value is -0.360. The minimum absolute atomic E-state index is 0.257. The van der Waals surface area contributed by atoms with E-state index in [4.69, 9.17) is 41.2 Å². The molecule has 0 aromatic carbocycles. The number of thiophene rings is 1. The molecular formula is C13H16Cl2N2OS2. The highest BCUT2D eigenvalue weighted by atomic mass is 35.5. The Labute approximate surface area is 137 Å². The van der Waals surface area contributed by atoms with Gasteiger partial charge in [-0.2, -0.15) is 0 Å². The predicted octanol–water partition coefficient (Wildman–Crippen LogP) is 4.16. The van der Waals surface area contributed by atoms with Crippen LogP contribution in [0.2, 0.25) is 8.67 Å². The second-order valence-corrected chi connectivity index (χ2v) is 7.78. The van der Waals surface area contributed by atoms with Gasteiger partial charge in [0.25, 0.3) is 5.91 Å². The van der Waals surface area contributed by atoms with Gasteiger partial charge < -0.3 is 11.1 Å². The zero-order valence-electron chi connectivity index (χ0n) is 10.9. The fraction of sp³-hybridized carbons (Fsp3) is 0.538. The van der Waals surface area contributed by atoms with Gasteiger partial charge in [0.15, 0.2) is 0 Å². The minimum Gasteiger partial charge on any atom is -0.391 e. The molecule has 0 spiro atoms. The van der Waals surface area contributed by atoms with Gasteiger partial charge in [-0.25, -0.2) is 0 Å². The Bertz CT molecular complexity index is 522. The molecule has 1 amide bonds. The SMILES string of the molecule is NC(=S)C1(NC(=O)c2cc(Cl)sc2Cl)CCCCCC1. The van der Waals surface area contributed by atoms with E-state index in [1.807, 2.05) is 0 Å². The maximum Gasteiger partial charge on any atom is 0.254 e. The third-order valence-corrected chi connectivity index (χ3v) is 5.56. The van der Waals surface area contributed by atoms with Gasteiger partial charge in [0.2, 0.25) is 0 Å². The third-order valence-electron chi connectivity index (χ3n) is 3.68. The molecule has 1 fully saturated rings. The molecule has 20 heavy (non-hydrogen) atoms. The van der Waals surface area contributed by atoms with Crippen LogP contribution >= 0.6 is 46.8 Å². The lowest BCUT2D eigenvalue weighted by Crippen LogP contribution is -2.56. The number of nitrogens with one attached hydrogen (secondary N) is 1. The highest BCUT2D eigenvalue weighted by molar-refractivity contribution is 7.80. The lowest BCUT2D eigenvalue weighted by Gasteiger charge is -2.32. The van der Waals surface area contributed by atoms with E-state index in [0.717, 1.165) is 38.5 Å². The summed E-state index contributed by atoms with van der Waals surface area (Å²) in [6.45, 7) is 0. The van der Waals surface area contributed by atoms with E-state index in [-0.39, 0.29) is 5.91 Å². The summed E-state index contributed by atoms with van der Waals surface area (Å²) in [7, 11) is 0. The largest absolute Gasteiger partial charge is 0.391 e. The van der Waals surface area contributed by atoms with Gasteiger partial charge in [-0.3, -0.25) is 4.79 Å². The van der Waals surface area contributed by atoms with Crippen molar-refractivity contribution in [3.8, 4) is 0 Å². The van der Waals surface area contributed by atoms with E-state index in [2.05, 4.69) is 5.32 Å². The van der Waals surface area contributed by atoms with Gasteiger partial charge in [0, 0.05) is 0 Å². The molecule has 1 aliphatic rings. The molecular weight excluding hydrogens is 335 g/mol. The van der Waals surface area contributed by atoms with Gasteiger partial charge in [0.1, 0.15) is 4.34 Å². The molecule has 110 valence electrons. The van der Waals surface area contributed by atoms with E-state index in [1.54, 1.807) is 6.07 Å². The van der Waals surface area contributed by atoms with E-state index in [0.29, 0.717) is 19.2 Å². The summed E-state index contributed by atoms with van der Waals surface area (Å²) >= 11 is 18.3. The maximum atomic E-state index is 12.4. The molecule has 3 N–H and O–H groups in total. The van der Waals surface area contributed by atoms with Crippen molar-refractivity contribution in [1.29, 1.82) is 0 Å². The first kappa shape index (κ1) is 16.0. The van der Waals surface area contributed by atoms with Gasteiger partial charge >= 0.3 is 0 Å². The number of hydrogen-bond acceptors (Lipinski definition) is 3. The molecule has 7 heteroatoms. The smallest absolute Gasteiger partial charge is 0.254 e. The molecule has 0 bridgehead atoms. The van der Waals surface area contributed by atoms with Crippen molar-refractivity contribution in [1.82, 2.24) is 5.32 Å². The molecule has 2 rings (SSSR count). The molecule has 0 saturated heterocycles. The molecule has 1 heterocycles. The van der Waals surface area contributed by atoms with Crippen LogP contribution in [0, 0.1) is 0 Å². The van der Waals surface area contributed by atoms with Gasteiger partial charge in [-0.15, -0.1) is 11.3 Å². The highest BCUT2D eigenvalue weighted by Crippen LogP contribution is 2.33. The summed E-state index contributed by atoms with van der Waals surface area (Å²) in [5, 5.41) is 3.00. The molecule has 1 saturated carbocycles. The van der Waals surface area contributed by atoms with Crippen molar-refractivity contribution in [3.05, 3.63) is 20.3 Å². The van der Waals surface area contributed by atoms with Gasteiger partial charge in [0.05, 0.1) is 20.4 Å². The molecule has 0 aliphatic heterocycles. The number of halogens is 2. The monoisotopic (exact) mass is 350 g/mol. The third kappa shape index (κ3) is 3.45. The van der Waals surface area contributed by atoms with Crippen LogP contribution in [-0.2, 0) is 0 Å². The number of thiocarbonyl (C=S) groups is 1. The zero-order chi connectivity index (χ0) is 14.8. The average Bonchev–Trinajstić information content (AvgIpc) is 2.60. The summed E-state index contributed by atoms with van der Waals surface area (Å²) in [6.07, 6.45) is 5.87. The van der Waals surface area contributed by atoms with Crippen LogP contribution in [0.5, 0.6) is 0 Å². The zero-order valence-corrected chi connectivity index (χ0v) is 14.0. The second kappa shape index (κ2) is 6.60. The number of nitrogens with two attached hydrogens (primary N) is 1. The average molecular weight is 351 g/mol. The first-order valence-corrected chi connectivity index (χ1v) is 8.50. The fourth-order valence-electron chi connectivity index (χ4n) is 2.54. The normalized spacial score (nSPS) is 18.3. The number of rotatable bonds is 3. The molecule has 0 radical (unpaired) electrons. The van der Waals surface area contributed by atoms with Crippen LogP contribution in [0.1, 0.15) is 48.9 Å². The maximum absolute atomic E-state index is 12.4. The van der Waals surface area contributed by atoms with E-state index < -0.39 is 5.54 Å². The lowest BCUT2D eigenvalue weighted by atomic mass is 9.89.